The minimum Gasteiger partial charge on any atom is -0.481 e. The second-order valence-corrected chi connectivity index (χ2v) is 4.40. The maximum Gasteiger partial charge on any atom is 0.304 e. The smallest absolute Gasteiger partial charge is 0.304 e. The topological polar surface area (TPSA) is 46.5 Å². The molecule has 1 aliphatic heterocycles. The first-order valence-corrected chi connectivity index (χ1v) is 5.16. The summed E-state index contributed by atoms with van der Waals surface area (Å²) in [6.07, 6.45) is -0.149. The van der Waals surface area contributed by atoms with Crippen molar-refractivity contribution in [2.75, 3.05) is 13.2 Å². The number of carboxylic acids is 1. The minimum atomic E-state index is -0.970. The predicted octanol–water partition coefficient (Wildman–Crippen LogP) is 2.22. The van der Waals surface area contributed by atoms with Gasteiger partial charge in [0.2, 0.25) is 0 Å². The van der Waals surface area contributed by atoms with Crippen LogP contribution in [0.2, 0.25) is 5.02 Å². The van der Waals surface area contributed by atoms with E-state index in [1.54, 1.807) is 0 Å². The quantitative estimate of drug-likeness (QED) is 0.887. The molecule has 1 aliphatic rings. The van der Waals surface area contributed by atoms with Crippen LogP contribution in [0, 0.1) is 5.82 Å². The molecule has 0 radical (unpaired) electrons. The zero-order chi connectivity index (χ0) is 11.8. The van der Waals surface area contributed by atoms with Gasteiger partial charge in [0, 0.05) is 10.6 Å². The molecule has 0 aromatic heterocycles. The van der Waals surface area contributed by atoms with Crippen LogP contribution < -0.4 is 0 Å². The van der Waals surface area contributed by atoms with Gasteiger partial charge >= 0.3 is 5.97 Å². The summed E-state index contributed by atoms with van der Waals surface area (Å²) in [4.78, 5) is 10.8. The van der Waals surface area contributed by atoms with Crippen molar-refractivity contribution in [1.29, 1.82) is 0 Å². The highest BCUT2D eigenvalue weighted by atomic mass is 35.5. The molecule has 1 N–H and O–H groups in total. The highest BCUT2D eigenvalue weighted by Crippen LogP contribution is 2.38. The third kappa shape index (κ3) is 1.90. The third-order valence-electron chi connectivity index (χ3n) is 2.75. The summed E-state index contributed by atoms with van der Waals surface area (Å²) in [5.74, 6) is -1.41. The Morgan fingerprint density at radius 1 is 1.56 bits per heavy atom. The highest BCUT2D eigenvalue weighted by Gasteiger charge is 2.44. The molecule has 0 atom stereocenters. The van der Waals surface area contributed by atoms with Crippen molar-refractivity contribution in [3.63, 3.8) is 0 Å². The number of halogens is 2. The molecule has 3 nitrogen and oxygen atoms in total. The summed E-state index contributed by atoms with van der Waals surface area (Å²) in [5.41, 5.74) is -0.436. The van der Waals surface area contributed by atoms with Gasteiger partial charge in [-0.15, -0.1) is 0 Å². The van der Waals surface area contributed by atoms with E-state index >= 15 is 0 Å². The first-order chi connectivity index (χ1) is 7.53. The molecule has 2 rings (SSSR count). The Labute approximate surface area is 96.8 Å². The normalized spacial score (nSPS) is 17.9. The third-order valence-corrected chi connectivity index (χ3v) is 2.98. The second-order valence-electron chi connectivity index (χ2n) is 3.97. The number of benzene rings is 1. The van der Waals surface area contributed by atoms with Crippen molar-refractivity contribution in [3.05, 3.63) is 34.6 Å². The van der Waals surface area contributed by atoms with Gasteiger partial charge in [-0.05, 0) is 18.2 Å². The van der Waals surface area contributed by atoms with Gasteiger partial charge in [-0.25, -0.2) is 4.39 Å². The van der Waals surface area contributed by atoms with Crippen LogP contribution in [0.3, 0.4) is 0 Å². The molecule has 0 saturated carbocycles. The Hall–Kier alpha value is -1.13. The molecule has 1 saturated heterocycles. The summed E-state index contributed by atoms with van der Waals surface area (Å²) in [7, 11) is 0. The van der Waals surface area contributed by atoms with E-state index in [-0.39, 0.29) is 19.6 Å². The van der Waals surface area contributed by atoms with E-state index in [1.165, 1.54) is 18.2 Å². The summed E-state index contributed by atoms with van der Waals surface area (Å²) in [5, 5.41) is 9.22. The second kappa shape index (κ2) is 4.03. The van der Waals surface area contributed by atoms with Crippen molar-refractivity contribution >= 4 is 17.6 Å². The lowest BCUT2D eigenvalue weighted by Crippen LogP contribution is -2.48. The zero-order valence-corrected chi connectivity index (χ0v) is 9.13. The van der Waals surface area contributed by atoms with Gasteiger partial charge in [0.05, 0.1) is 25.0 Å². The number of rotatable bonds is 3. The van der Waals surface area contributed by atoms with Crippen LogP contribution >= 0.6 is 11.6 Å². The lowest BCUT2D eigenvalue weighted by Gasteiger charge is -2.41. The standard InChI is InChI=1S/C11H10ClFO3/c12-7-1-2-9(13)8(3-7)11(4-10(14)15)5-16-6-11/h1-3H,4-6H2,(H,14,15). The van der Waals surface area contributed by atoms with Crippen LogP contribution in [0.25, 0.3) is 0 Å². The number of carboxylic acid groups (broad SMARTS) is 1. The Morgan fingerprint density at radius 2 is 2.25 bits per heavy atom. The van der Waals surface area contributed by atoms with Crippen molar-refractivity contribution in [2.24, 2.45) is 0 Å². The number of hydrogen-bond acceptors (Lipinski definition) is 2. The molecule has 1 fully saturated rings. The predicted molar refractivity (Wildman–Crippen MR) is 56.2 cm³/mol. The van der Waals surface area contributed by atoms with E-state index in [1.807, 2.05) is 0 Å². The van der Waals surface area contributed by atoms with Crippen molar-refractivity contribution in [2.45, 2.75) is 11.8 Å². The van der Waals surface area contributed by atoms with Crippen LogP contribution in [0.5, 0.6) is 0 Å². The molecule has 1 heterocycles. The largest absolute Gasteiger partial charge is 0.481 e. The highest BCUT2D eigenvalue weighted by molar-refractivity contribution is 6.30. The lowest BCUT2D eigenvalue weighted by atomic mass is 9.75. The van der Waals surface area contributed by atoms with Gasteiger partial charge < -0.3 is 9.84 Å². The van der Waals surface area contributed by atoms with E-state index in [4.69, 9.17) is 21.4 Å². The average molecular weight is 245 g/mol. The van der Waals surface area contributed by atoms with E-state index in [0.29, 0.717) is 10.6 Å². The van der Waals surface area contributed by atoms with Gasteiger partial charge in [-0.1, -0.05) is 11.6 Å². The van der Waals surface area contributed by atoms with Crippen LogP contribution in [0.1, 0.15) is 12.0 Å². The van der Waals surface area contributed by atoms with E-state index in [9.17, 15) is 9.18 Å². The fourth-order valence-corrected chi connectivity index (χ4v) is 2.07. The van der Waals surface area contributed by atoms with Crippen molar-refractivity contribution in [1.82, 2.24) is 0 Å². The molecule has 0 aliphatic carbocycles. The molecule has 0 unspecified atom stereocenters. The minimum absolute atomic E-state index is 0.149. The number of hydrogen-bond donors (Lipinski definition) is 1. The van der Waals surface area contributed by atoms with Gasteiger partial charge in [-0.3, -0.25) is 4.79 Å². The van der Waals surface area contributed by atoms with Crippen LogP contribution in [0.15, 0.2) is 18.2 Å². The van der Waals surface area contributed by atoms with Crippen molar-refractivity contribution in [3.8, 4) is 0 Å². The Kier molecular flexibility index (Phi) is 2.86. The maximum absolute atomic E-state index is 13.6. The SMILES string of the molecule is O=C(O)CC1(c2cc(Cl)ccc2F)COC1. The van der Waals surface area contributed by atoms with Crippen LogP contribution in [-0.4, -0.2) is 24.3 Å². The van der Waals surface area contributed by atoms with E-state index in [2.05, 4.69) is 0 Å². The molecule has 5 heteroatoms. The maximum atomic E-state index is 13.6. The first-order valence-electron chi connectivity index (χ1n) is 4.79. The number of aliphatic carboxylic acids is 1. The summed E-state index contributed by atoms with van der Waals surface area (Å²) in [6, 6.07) is 4.16. The van der Waals surface area contributed by atoms with Gasteiger partial charge in [-0.2, -0.15) is 0 Å². The van der Waals surface area contributed by atoms with E-state index in [0.717, 1.165) is 0 Å². The molecular weight excluding hydrogens is 235 g/mol. The molecule has 0 spiro atoms. The molecular formula is C11H10ClFO3. The van der Waals surface area contributed by atoms with Gasteiger partial charge in [0.1, 0.15) is 5.82 Å². The molecule has 1 aromatic rings. The molecule has 86 valence electrons. The average Bonchev–Trinajstić information content (AvgIpc) is 2.15. The molecule has 1 aromatic carbocycles. The fourth-order valence-electron chi connectivity index (χ4n) is 1.89. The summed E-state index contributed by atoms with van der Waals surface area (Å²) in [6.45, 7) is 0.438. The fraction of sp³-hybridized carbons (Fsp3) is 0.364. The molecule has 16 heavy (non-hydrogen) atoms. The Morgan fingerprint density at radius 3 is 2.75 bits per heavy atom. The molecule has 0 bridgehead atoms. The summed E-state index contributed by atoms with van der Waals surface area (Å²) < 4.78 is 18.6. The van der Waals surface area contributed by atoms with Gasteiger partial charge in [0.25, 0.3) is 0 Å². The Bertz CT molecular complexity index is 429. The van der Waals surface area contributed by atoms with Crippen LogP contribution in [0.4, 0.5) is 4.39 Å². The lowest BCUT2D eigenvalue weighted by molar-refractivity contribution is -0.145. The van der Waals surface area contributed by atoms with E-state index < -0.39 is 17.2 Å². The van der Waals surface area contributed by atoms with Gasteiger partial charge in [0.15, 0.2) is 0 Å². The van der Waals surface area contributed by atoms with Crippen LogP contribution in [-0.2, 0) is 14.9 Å². The monoisotopic (exact) mass is 244 g/mol. The van der Waals surface area contributed by atoms with Crippen molar-refractivity contribution < 1.29 is 19.0 Å². The zero-order valence-electron chi connectivity index (χ0n) is 8.37. The number of ether oxygens (including phenoxy) is 1. The number of carbonyl (C=O) groups is 1. The summed E-state index contributed by atoms with van der Waals surface area (Å²) >= 11 is 5.79. The first kappa shape index (κ1) is 11.4. The Balaban J connectivity index is 2.39. The molecule has 0 amide bonds.